The third-order valence-electron chi connectivity index (χ3n) is 4.25. The molecular weight excluding hydrogens is 586 g/mol. The fourth-order valence-electron chi connectivity index (χ4n) is 2.17. The van der Waals surface area contributed by atoms with Crippen molar-refractivity contribution in [1.82, 2.24) is 26.6 Å². The molecule has 0 aromatic carbocycles. The van der Waals surface area contributed by atoms with E-state index in [1.807, 2.05) is 83.3 Å². The number of hydrogen-bond donors (Lipinski definition) is 7. The van der Waals surface area contributed by atoms with Crippen molar-refractivity contribution in [3.63, 3.8) is 0 Å². The van der Waals surface area contributed by atoms with Crippen LogP contribution in [-0.2, 0) is 14.3 Å². The van der Waals surface area contributed by atoms with Crippen molar-refractivity contribution in [2.75, 3.05) is 53.4 Å². The van der Waals surface area contributed by atoms with Crippen LogP contribution >= 0.6 is 0 Å². The molecule has 7 N–H and O–H groups in total. The average Bonchev–Trinajstić information content (AvgIpc) is 3.05. The fraction of sp³-hybridized carbons (Fsp3) is 0.743. The number of aliphatic hydroxyl groups is 2. The standard InChI is InChI=1S/C13H22N2O2.C10H15NO4.C6H16N2.3C2H6/c1-11(2)6-5-8-15-13(16)17-10-12(3)7-9-14-4;1-7(2)4-3-5-11-10(15)9(14)8(13)6-12;1-6(2)8-5-4-7-3;3*1-2/h11,14H,3,7-10H2,1-2,4H3,(H,15,16);6-9,13-14H,5H2,1-2H3,(H,11,15);6-8H,4-5H2,1-3H3;3*1-2H3. The fourth-order valence-corrected chi connectivity index (χ4v) is 2.17. The van der Waals surface area contributed by atoms with Gasteiger partial charge in [0.25, 0.3) is 5.91 Å². The van der Waals surface area contributed by atoms with Crippen LogP contribution in [0.2, 0.25) is 0 Å². The Hall–Kier alpha value is -2.93. The molecule has 11 heteroatoms. The number of carbonyl (C=O) groups excluding carboxylic acids is 3. The molecule has 0 heterocycles. The number of alkyl carbamates (subject to hydrolysis) is 1. The number of carbonyl (C=O) groups is 3. The van der Waals surface area contributed by atoms with Crippen molar-refractivity contribution in [1.29, 1.82) is 0 Å². The summed E-state index contributed by atoms with van der Waals surface area (Å²) in [5, 5.41) is 32.1. The number of hydrogen-bond acceptors (Lipinski definition) is 9. The van der Waals surface area contributed by atoms with E-state index in [4.69, 9.17) is 14.9 Å². The highest BCUT2D eigenvalue weighted by molar-refractivity contribution is 5.84. The topological polar surface area (TPSA) is 161 Å². The second-order valence-electron chi connectivity index (χ2n) is 9.49. The van der Waals surface area contributed by atoms with Gasteiger partial charge in [-0.25, -0.2) is 4.79 Å². The molecule has 46 heavy (non-hydrogen) atoms. The Morgan fingerprint density at radius 1 is 0.783 bits per heavy atom. The van der Waals surface area contributed by atoms with E-state index in [2.05, 4.69) is 70.7 Å². The summed E-state index contributed by atoms with van der Waals surface area (Å²) in [6, 6.07) is 0.614. The summed E-state index contributed by atoms with van der Waals surface area (Å²) >= 11 is 0. The number of rotatable bonds is 14. The lowest BCUT2D eigenvalue weighted by atomic mass is 10.2. The summed E-state index contributed by atoms with van der Waals surface area (Å²) in [6.07, 6.45) is -2.97. The smallest absolute Gasteiger partial charge is 0.408 e. The molecular formula is C35H71N5O6. The summed E-state index contributed by atoms with van der Waals surface area (Å²) in [4.78, 5) is 32.3. The van der Waals surface area contributed by atoms with Crippen LogP contribution in [0, 0.1) is 35.5 Å². The highest BCUT2D eigenvalue weighted by Gasteiger charge is 2.22. The zero-order valence-electron chi connectivity index (χ0n) is 31.6. The van der Waals surface area contributed by atoms with Crippen LogP contribution in [0.5, 0.6) is 0 Å². The molecule has 11 nitrogen and oxygen atoms in total. The Morgan fingerprint density at radius 3 is 1.63 bits per heavy atom. The first kappa shape index (κ1) is 55.5. The number of likely N-dealkylation sites (N-methyl/N-ethyl adjacent to an activating group) is 1. The summed E-state index contributed by atoms with van der Waals surface area (Å²) in [6.45, 7) is 31.5. The predicted molar refractivity (Wildman–Crippen MR) is 194 cm³/mol. The molecule has 272 valence electrons. The van der Waals surface area contributed by atoms with Gasteiger partial charge in [0.1, 0.15) is 12.7 Å². The molecule has 0 aliphatic rings. The van der Waals surface area contributed by atoms with Gasteiger partial charge in [0.2, 0.25) is 0 Å². The van der Waals surface area contributed by atoms with E-state index in [1.165, 1.54) is 0 Å². The molecule has 0 aromatic heterocycles. The minimum Gasteiger partial charge on any atom is -0.445 e. The van der Waals surface area contributed by atoms with Crippen LogP contribution in [0.3, 0.4) is 0 Å². The van der Waals surface area contributed by atoms with Gasteiger partial charge in [-0.1, -0.05) is 113 Å². The van der Waals surface area contributed by atoms with Crippen molar-refractivity contribution < 1.29 is 29.3 Å². The molecule has 0 radical (unpaired) electrons. The van der Waals surface area contributed by atoms with E-state index < -0.39 is 24.2 Å². The monoisotopic (exact) mass is 658 g/mol. The Bertz CT molecular complexity index is 812. The lowest BCUT2D eigenvalue weighted by Crippen LogP contribution is -2.42. The number of aliphatic hydroxyl groups excluding tert-OH is 2. The molecule has 0 saturated carbocycles. The van der Waals surface area contributed by atoms with Gasteiger partial charge in [-0.3, -0.25) is 4.79 Å². The van der Waals surface area contributed by atoms with Crippen LogP contribution in [0.4, 0.5) is 4.79 Å². The molecule has 0 fully saturated rings. The van der Waals surface area contributed by atoms with E-state index in [-0.39, 0.29) is 25.4 Å². The lowest BCUT2D eigenvalue weighted by molar-refractivity contribution is -0.139. The van der Waals surface area contributed by atoms with Crippen molar-refractivity contribution in [2.24, 2.45) is 11.8 Å². The molecule has 0 rings (SSSR count). The highest BCUT2D eigenvalue weighted by Crippen LogP contribution is 1.97. The van der Waals surface area contributed by atoms with Crippen LogP contribution in [0.15, 0.2) is 12.2 Å². The average molecular weight is 658 g/mol. The second kappa shape index (κ2) is 46.5. The molecule has 2 amide bonds. The van der Waals surface area contributed by atoms with Gasteiger partial charge in [0, 0.05) is 31.0 Å². The van der Waals surface area contributed by atoms with Crippen LogP contribution in [0.1, 0.15) is 89.5 Å². The number of amides is 2. The third-order valence-corrected chi connectivity index (χ3v) is 4.25. The van der Waals surface area contributed by atoms with Gasteiger partial charge in [-0.15, -0.1) is 0 Å². The maximum Gasteiger partial charge on any atom is 0.408 e. The summed E-state index contributed by atoms with van der Waals surface area (Å²) in [7, 11) is 3.83. The van der Waals surface area contributed by atoms with Crippen molar-refractivity contribution >= 4 is 18.3 Å². The van der Waals surface area contributed by atoms with Crippen LogP contribution < -0.4 is 26.6 Å². The first-order valence-electron chi connectivity index (χ1n) is 16.5. The Morgan fingerprint density at radius 2 is 1.24 bits per heavy atom. The van der Waals surface area contributed by atoms with Gasteiger partial charge < -0.3 is 46.3 Å². The molecule has 2 atom stereocenters. The first-order chi connectivity index (χ1) is 21.8. The van der Waals surface area contributed by atoms with Gasteiger partial charge in [0.05, 0.1) is 13.1 Å². The summed E-state index contributed by atoms with van der Waals surface area (Å²) < 4.78 is 4.96. The number of ether oxygens (including phenoxy) is 1. The first-order valence-corrected chi connectivity index (χ1v) is 16.5. The third kappa shape index (κ3) is 53.6. The zero-order valence-corrected chi connectivity index (χ0v) is 31.6. The molecule has 2 unspecified atom stereocenters. The minimum absolute atomic E-state index is 0.0830. The summed E-state index contributed by atoms with van der Waals surface area (Å²) in [5.74, 6) is 11.0. The van der Waals surface area contributed by atoms with E-state index in [1.54, 1.807) is 0 Å². The van der Waals surface area contributed by atoms with E-state index in [0.29, 0.717) is 18.5 Å². The molecule has 0 aromatic rings. The van der Waals surface area contributed by atoms with E-state index in [9.17, 15) is 14.4 Å². The summed E-state index contributed by atoms with van der Waals surface area (Å²) in [5.41, 5.74) is 0.891. The van der Waals surface area contributed by atoms with Gasteiger partial charge >= 0.3 is 6.09 Å². The Labute approximate surface area is 282 Å². The van der Waals surface area contributed by atoms with Crippen LogP contribution in [-0.4, -0.2) is 100 Å². The van der Waals surface area contributed by atoms with Crippen molar-refractivity contribution in [2.45, 2.75) is 108 Å². The predicted octanol–water partition coefficient (Wildman–Crippen LogP) is 3.50. The van der Waals surface area contributed by atoms with Gasteiger partial charge in [-0.2, -0.15) is 0 Å². The van der Waals surface area contributed by atoms with Gasteiger partial charge in [-0.05, 0) is 32.6 Å². The Balaban J connectivity index is -0.000000126. The zero-order chi connectivity index (χ0) is 37.3. The largest absolute Gasteiger partial charge is 0.445 e. The van der Waals surface area contributed by atoms with E-state index >= 15 is 0 Å². The number of nitrogens with one attached hydrogen (secondary N) is 5. The molecule has 0 spiro atoms. The van der Waals surface area contributed by atoms with Crippen molar-refractivity contribution in [3.8, 4) is 23.7 Å². The second-order valence-corrected chi connectivity index (χ2v) is 9.49. The lowest BCUT2D eigenvalue weighted by Gasteiger charge is -2.10. The molecule has 0 aliphatic carbocycles. The quantitative estimate of drug-likeness (QED) is 0.0642. The maximum absolute atomic E-state index is 11.2. The molecule has 0 aliphatic heterocycles. The normalized spacial score (nSPS) is 10.2. The molecule has 0 saturated heterocycles. The Kier molecular flexibility index (Phi) is 56.1. The van der Waals surface area contributed by atoms with Gasteiger partial charge in [0.15, 0.2) is 12.4 Å². The SMILES string of the molecule is C=C(CCNC)COC(=O)NCC#CC(C)C.CC.CC.CC.CC(C)C#CCNC(=O)C(O)C(O)C=O.CNCCNC(C)C. The van der Waals surface area contributed by atoms with Crippen molar-refractivity contribution in [3.05, 3.63) is 12.2 Å². The van der Waals surface area contributed by atoms with E-state index in [0.717, 1.165) is 31.6 Å². The highest BCUT2D eigenvalue weighted by atomic mass is 16.5. The molecule has 0 bridgehead atoms. The maximum atomic E-state index is 11.2. The number of aldehydes is 1. The minimum atomic E-state index is -1.73. The van der Waals surface area contributed by atoms with Crippen LogP contribution in [0.25, 0.3) is 0 Å².